The van der Waals surface area contributed by atoms with Crippen LogP contribution in [0.3, 0.4) is 0 Å². The highest BCUT2D eigenvalue weighted by atomic mass is 15.3. The molecule has 1 aromatic carbocycles. The predicted molar refractivity (Wildman–Crippen MR) is 83.8 cm³/mol. The molecule has 3 atom stereocenters. The molecule has 3 rings (SSSR count). The van der Waals surface area contributed by atoms with Crippen LogP contribution >= 0.6 is 0 Å². The van der Waals surface area contributed by atoms with Gasteiger partial charge in [-0.2, -0.15) is 0 Å². The maximum Gasteiger partial charge on any atom is 0.0236 e. The van der Waals surface area contributed by atoms with Gasteiger partial charge in [-0.15, -0.1) is 0 Å². The molecule has 0 amide bonds. The molecule has 2 heterocycles. The van der Waals surface area contributed by atoms with Crippen LogP contribution < -0.4 is 5.32 Å². The smallest absolute Gasteiger partial charge is 0.0236 e. The fraction of sp³-hybridized carbons (Fsp3) is 0.647. The normalized spacial score (nSPS) is 32.6. The van der Waals surface area contributed by atoms with E-state index in [1.807, 2.05) is 0 Å². The van der Waals surface area contributed by atoms with Crippen LogP contribution in [0.25, 0.3) is 0 Å². The van der Waals surface area contributed by atoms with Gasteiger partial charge in [0.15, 0.2) is 0 Å². The van der Waals surface area contributed by atoms with E-state index in [9.17, 15) is 0 Å². The molecule has 0 bridgehead atoms. The third kappa shape index (κ3) is 3.40. The van der Waals surface area contributed by atoms with Crippen molar-refractivity contribution < 1.29 is 0 Å². The van der Waals surface area contributed by atoms with Crippen molar-refractivity contribution in [2.75, 3.05) is 26.2 Å². The van der Waals surface area contributed by atoms with E-state index in [1.54, 1.807) is 0 Å². The van der Waals surface area contributed by atoms with Gasteiger partial charge >= 0.3 is 0 Å². The number of hydrogen-bond acceptors (Lipinski definition) is 3. The highest BCUT2D eigenvalue weighted by Crippen LogP contribution is 2.20. The Morgan fingerprint density at radius 2 is 1.75 bits per heavy atom. The summed E-state index contributed by atoms with van der Waals surface area (Å²) in [6, 6.07) is 12.9. The summed E-state index contributed by atoms with van der Waals surface area (Å²) in [5.74, 6) is 0. The van der Waals surface area contributed by atoms with E-state index in [1.165, 1.54) is 38.2 Å². The van der Waals surface area contributed by atoms with Crippen molar-refractivity contribution in [2.45, 2.75) is 44.9 Å². The Hall–Kier alpha value is -0.900. The largest absolute Gasteiger partial charge is 0.309 e. The molecular weight excluding hydrogens is 246 g/mol. The number of benzene rings is 1. The van der Waals surface area contributed by atoms with Crippen molar-refractivity contribution in [1.29, 1.82) is 0 Å². The third-order valence-electron chi connectivity index (χ3n) is 4.60. The van der Waals surface area contributed by atoms with Gasteiger partial charge in [0.25, 0.3) is 0 Å². The molecule has 2 aliphatic heterocycles. The van der Waals surface area contributed by atoms with Gasteiger partial charge in [-0.05, 0) is 25.8 Å². The fourth-order valence-electron chi connectivity index (χ4n) is 3.76. The van der Waals surface area contributed by atoms with Gasteiger partial charge in [0.2, 0.25) is 0 Å². The minimum Gasteiger partial charge on any atom is -0.309 e. The molecule has 1 unspecified atom stereocenters. The first kappa shape index (κ1) is 14.1. The van der Waals surface area contributed by atoms with Gasteiger partial charge < -0.3 is 5.32 Å². The molecule has 20 heavy (non-hydrogen) atoms. The van der Waals surface area contributed by atoms with Crippen LogP contribution in [0.1, 0.15) is 25.8 Å². The van der Waals surface area contributed by atoms with Gasteiger partial charge in [-0.1, -0.05) is 30.3 Å². The van der Waals surface area contributed by atoms with E-state index < -0.39 is 0 Å². The molecular formula is C17H27N3. The second-order valence-electron chi connectivity index (χ2n) is 6.59. The van der Waals surface area contributed by atoms with Crippen molar-refractivity contribution in [1.82, 2.24) is 15.1 Å². The quantitative estimate of drug-likeness (QED) is 0.908. The van der Waals surface area contributed by atoms with Crippen LogP contribution in [0.4, 0.5) is 0 Å². The zero-order valence-corrected chi connectivity index (χ0v) is 12.8. The number of nitrogens with one attached hydrogen (secondary N) is 1. The summed E-state index contributed by atoms with van der Waals surface area (Å²) in [6.07, 6.45) is 1.33. The molecule has 2 fully saturated rings. The Kier molecular flexibility index (Phi) is 4.39. The first-order chi connectivity index (χ1) is 9.70. The Morgan fingerprint density at radius 1 is 1.05 bits per heavy atom. The maximum absolute atomic E-state index is 3.63. The SMILES string of the molecule is C[C@@H]1CN(C2CCN(Cc3ccccc3)C2)C[C@H](C)N1. The Balaban J connectivity index is 1.54. The average molecular weight is 273 g/mol. The second kappa shape index (κ2) is 6.25. The number of likely N-dealkylation sites (tertiary alicyclic amines) is 1. The highest BCUT2D eigenvalue weighted by molar-refractivity contribution is 5.14. The number of piperazine rings is 1. The van der Waals surface area contributed by atoms with Crippen LogP contribution in [0.5, 0.6) is 0 Å². The molecule has 3 nitrogen and oxygen atoms in total. The Morgan fingerprint density at radius 3 is 2.45 bits per heavy atom. The van der Waals surface area contributed by atoms with Crippen molar-refractivity contribution >= 4 is 0 Å². The van der Waals surface area contributed by atoms with Crippen LogP contribution in [-0.4, -0.2) is 54.1 Å². The Bertz CT molecular complexity index is 410. The van der Waals surface area contributed by atoms with Crippen LogP contribution in [0.15, 0.2) is 30.3 Å². The summed E-state index contributed by atoms with van der Waals surface area (Å²) in [4.78, 5) is 5.31. The van der Waals surface area contributed by atoms with Crippen molar-refractivity contribution in [3.63, 3.8) is 0 Å². The monoisotopic (exact) mass is 273 g/mol. The molecule has 110 valence electrons. The first-order valence-corrected chi connectivity index (χ1v) is 7.97. The zero-order chi connectivity index (χ0) is 13.9. The summed E-state index contributed by atoms with van der Waals surface area (Å²) in [7, 11) is 0. The highest BCUT2D eigenvalue weighted by Gasteiger charge is 2.31. The standard InChI is InChI=1S/C17H27N3/c1-14-10-20(11-15(2)18-14)17-8-9-19(13-17)12-16-6-4-3-5-7-16/h3-7,14-15,17-18H,8-13H2,1-2H3/t14-,15+,17?. The van der Waals surface area contributed by atoms with Crippen molar-refractivity contribution in [3.05, 3.63) is 35.9 Å². The van der Waals surface area contributed by atoms with E-state index >= 15 is 0 Å². The number of nitrogens with zero attached hydrogens (tertiary/aromatic N) is 2. The molecule has 0 spiro atoms. The van der Waals surface area contributed by atoms with Gasteiger partial charge in [0.05, 0.1) is 0 Å². The summed E-state index contributed by atoms with van der Waals surface area (Å²) >= 11 is 0. The molecule has 2 aliphatic rings. The van der Waals surface area contributed by atoms with Gasteiger partial charge in [-0.3, -0.25) is 9.80 Å². The Labute approximate surface area is 123 Å². The molecule has 1 N–H and O–H groups in total. The second-order valence-corrected chi connectivity index (χ2v) is 6.59. The zero-order valence-electron chi connectivity index (χ0n) is 12.8. The average Bonchev–Trinajstić information content (AvgIpc) is 2.87. The van der Waals surface area contributed by atoms with Gasteiger partial charge in [0, 0.05) is 50.8 Å². The first-order valence-electron chi connectivity index (χ1n) is 7.97. The van der Waals surface area contributed by atoms with E-state index in [2.05, 4.69) is 59.3 Å². The van der Waals surface area contributed by atoms with Crippen LogP contribution in [-0.2, 0) is 6.54 Å². The molecule has 1 aromatic rings. The molecule has 0 saturated carbocycles. The molecule has 3 heteroatoms. The number of hydrogen-bond donors (Lipinski definition) is 1. The lowest BCUT2D eigenvalue weighted by Gasteiger charge is -2.39. The van der Waals surface area contributed by atoms with E-state index in [4.69, 9.17) is 0 Å². The van der Waals surface area contributed by atoms with Crippen molar-refractivity contribution in [2.24, 2.45) is 0 Å². The van der Waals surface area contributed by atoms with E-state index in [0.717, 1.165) is 12.6 Å². The predicted octanol–water partition coefficient (Wildman–Crippen LogP) is 1.94. The lowest BCUT2D eigenvalue weighted by molar-refractivity contribution is 0.123. The summed E-state index contributed by atoms with van der Waals surface area (Å²) < 4.78 is 0. The van der Waals surface area contributed by atoms with Crippen LogP contribution in [0, 0.1) is 0 Å². The van der Waals surface area contributed by atoms with Crippen molar-refractivity contribution in [3.8, 4) is 0 Å². The molecule has 0 radical (unpaired) electrons. The molecule has 2 saturated heterocycles. The lowest BCUT2D eigenvalue weighted by Crippen LogP contribution is -2.57. The summed E-state index contributed by atoms with van der Waals surface area (Å²) in [5, 5.41) is 3.63. The minimum absolute atomic E-state index is 0.627. The van der Waals surface area contributed by atoms with E-state index in [-0.39, 0.29) is 0 Å². The fourth-order valence-corrected chi connectivity index (χ4v) is 3.76. The molecule has 0 aromatic heterocycles. The summed E-state index contributed by atoms with van der Waals surface area (Å²) in [5.41, 5.74) is 1.44. The minimum atomic E-state index is 0.627. The van der Waals surface area contributed by atoms with E-state index in [0.29, 0.717) is 12.1 Å². The van der Waals surface area contributed by atoms with Crippen LogP contribution in [0.2, 0.25) is 0 Å². The summed E-state index contributed by atoms with van der Waals surface area (Å²) in [6.45, 7) is 10.6. The van der Waals surface area contributed by atoms with Gasteiger partial charge in [0.1, 0.15) is 0 Å². The third-order valence-corrected chi connectivity index (χ3v) is 4.60. The topological polar surface area (TPSA) is 18.5 Å². The number of rotatable bonds is 3. The van der Waals surface area contributed by atoms with Gasteiger partial charge in [-0.25, -0.2) is 0 Å². The lowest BCUT2D eigenvalue weighted by atomic mass is 10.1. The maximum atomic E-state index is 3.63. The molecule has 0 aliphatic carbocycles.